The van der Waals surface area contributed by atoms with Gasteiger partial charge in [-0.1, -0.05) is 27.7 Å². The largest absolute Gasteiger partial charge is 0.342 e. The molecule has 0 aromatic rings. The highest BCUT2D eigenvalue weighted by Crippen LogP contribution is 2.20. The van der Waals surface area contributed by atoms with E-state index in [-0.39, 0.29) is 23.7 Å². The fraction of sp³-hybridized carbons (Fsp3) is 0.882. The summed E-state index contributed by atoms with van der Waals surface area (Å²) in [5.74, 6) is 0.752. The Morgan fingerprint density at radius 2 is 1.14 bits per heavy atom. The molecule has 0 atom stereocenters. The molecule has 2 fully saturated rings. The summed E-state index contributed by atoms with van der Waals surface area (Å²) in [5.41, 5.74) is 0. The molecule has 0 aliphatic carbocycles. The van der Waals surface area contributed by atoms with E-state index in [9.17, 15) is 9.59 Å². The summed E-state index contributed by atoms with van der Waals surface area (Å²) in [6.07, 6.45) is 2.13. The molecule has 2 aliphatic heterocycles. The molecule has 126 valence electrons. The van der Waals surface area contributed by atoms with Crippen molar-refractivity contribution in [2.45, 2.75) is 46.6 Å². The summed E-state index contributed by atoms with van der Waals surface area (Å²) in [6, 6.07) is 0.576. The third kappa shape index (κ3) is 4.00. The zero-order valence-electron chi connectivity index (χ0n) is 14.5. The molecule has 0 radical (unpaired) electrons. The lowest BCUT2D eigenvalue weighted by Gasteiger charge is -2.43. The van der Waals surface area contributed by atoms with Crippen molar-refractivity contribution >= 4 is 11.8 Å². The van der Waals surface area contributed by atoms with Crippen LogP contribution in [-0.2, 0) is 9.59 Å². The zero-order valence-corrected chi connectivity index (χ0v) is 14.5. The van der Waals surface area contributed by atoms with Crippen LogP contribution in [-0.4, -0.2) is 71.8 Å². The van der Waals surface area contributed by atoms with Gasteiger partial charge in [0.2, 0.25) is 11.8 Å². The first-order chi connectivity index (χ1) is 10.4. The normalized spacial score (nSPS) is 21.7. The van der Waals surface area contributed by atoms with Crippen LogP contribution in [0.4, 0.5) is 0 Å². The van der Waals surface area contributed by atoms with Gasteiger partial charge in [-0.25, -0.2) is 0 Å². The molecule has 2 amide bonds. The molecule has 2 rings (SSSR count). The van der Waals surface area contributed by atoms with Gasteiger partial charge in [0.1, 0.15) is 0 Å². The van der Waals surface area contributed by atoms with Crippen LogP contribution in [0.1, 0.15) is 40.5 Å². The first-order valence-electron chi connectivity index (χ1n) is 8.71. The van der Waals surface area contributed by atoms with Crippen LogP contribution in [0.25, 0.3) is 0 Å². The van der Waals surface area contributed by atoms with Crippen molar-refractivity contribution < 1.29 is 9.59 Å². The molecule has 0 saturated carbocycles. The van der Waals surface area contributed by atoms with Gasteiger partial charge in [0.15, 0.2) is 0 Å². The van der Waals surface area contributed by atoms with Gasteiger partial charge in [0.25, 0.3) is 0 Å². The molecule has 2 aliphatic rings. The number of carbonyl (C=O) groups is 2. The fourth-order valence-electron chi connectivity index (χ4n) is 3.49. The Balaban J connectivity index is 1.77. The first kappa shape index (κ1) is 17.3. The van der Waals surface area contributed by atoms with Gasteiger partial charge in [-0.05, 0) is 12.8 Å². The Bertz CT molecular complexity index is 355. The SMILES string of the molecule is CC(C)C(=O)N1CCC(N2CCN(C(=O)C(C)C)CC2)CC1. The lowest BCUT2D eigenvalue weighted by molar-refractivity contribution is -0.138. The maximum Gasteiger partial charge on any atom is 0.225 e. The maximum atomic E-state index is 12.0. The fourth-order valence-corrected chi connectivity index (χ4v) is 3.49. The van der Waals surface area contributed by atoms with Crippen LogP contribution in [0.5, 0.6) is 0 Å². The molecule has 5 heteroatoms. The molecule has 0 spiro atoms. The quantitative estimate of drug-likeness (QED) is 0.792. The Morgan fingerprint density at radius 1 is 0.727 bits per heavy atom. The molecule has 0 aromatic heterocycles. The maximum absolute atomic E-state index is 12.0. The van der Waals surface area contributed by atoms with Gasteiger partial charge >= 0.3 is 0 Å². The highest BCUT2D eigenvalue weighted by atomic mass is 16.2. The van der Waals surface area contributed by atoms with E-state index >= 15 is 0 Å². The second kappa shape index (κ2) is 7.44. The molecule has 0 N–H and O–H groups in total. The Morgan fingerprint density at radius 3 is 1.55 bits per heavy atom. The zero-order chi connectivity index (χ0) is 16.3. The number of rotatable bonds is 3. The smallest absolute Gasteiger partial charge is 0.225 e. The number of carbonyl (C=O) groups excluding carboxylic acids is 2. The van der Waals surface area contributed by atoms with Gasteiger partial charge in [-0.15, -0.1) is 0 Å². The van der Waals surface area contributed by atoms with E-state index in [0.717, 1.165) is 52.1 Å². The van der Waals surface area contributed by atoms with Gasteiger partial charge in [-0.2, -0.15) is 0 Å². The summed E-state index contributed by atoms with van der Waals surface area (Å²) in [4.78, 5) is 30.6. The summed E-state index contributed by atoms with van der Waals surface area (Å²) in [7, 11) is 0. The molecular weight excluding hydrogens is 278 g/mol. The lowest BCUT2D eigenvalue weighted by Crippen LogP contribution is -2.55. The highest BCUT2D eigenvalue weighted by Gasteiger charge is 2.30. The number of hydrogen-bond acceptors (Lipinski definition) is 3. The molecule has 2 heterocycles. The predicted octanol–water partition coefficient (Wildman–Crippen LogP) is 1.43. The van der Waals surface area contributed by atoms with E-state index < -0.39 is 0 Å². The van der Waals surface area contributed by atoms with Crippen LogP contribution >= 0.6 is 0 Å². The Hall–Kier alpha value is -1.10. The summed E-state index contributed by atoms with van der Waals surface area (Å²) < 4.78 is 0. The van der Waals surface area contributed by atoms with E-state index in [1.54, 1.807) is 0 Å². The number of hydrogen-bond donors (Lipinski definition) is 0. The van der Waals surface area contributed by atoms with E-state index in [2.05, 4.69) is 4.90 Å². The van der Waals surface area contributed by atoms with Gasteiger partial charge in [0, 0.05) is 57.1 Å². The minimum Gasteiger partial charge on any atom is -0.342 e. The van der Waals surface area contributed by atoms with E-state index in [4.69, 9.17) is 0 Å². The Kier molecular flexibility index (Phi) is 5.84. The molecule has 2 saturated heterocycles. The van der Waals surface area contributed by atoms with Crippen molar-refractivity contribution in [3.8, 4) is 0 Å². The summed E-state index contributed by atoms with van der Waals surface area (Å²) in [5, 5.41) is 0. The van der Waals surface area contributed by atoms with Crippen molar-refractivity contribution in [1.82, 2.24) is 14.7 Å². The molecule has 0 bridgehead atoms. The molecule has 5 nitrogen and oxygen atoms in total. The van der Waals surface area contributed by atoms with Crippen molar-refractivity contribution in [3.05, 3.63) is 0 Å². The van der Waals surface area contributed by atoms with Crippen molar-refractivity contribution in [1.29, 1.82) is 0 Å². The number of nitrogens with zero attached hydrogens (tertiary/aromatic N) is 3. The van der Waals surface area contributed by atoms with E-state index in [1.807, 2.05) is 37.5 Å². The lowest BCUT2D eigenvalue weighted by atomic mass is 10.0. The van der Waals surface area contributed by atoms with Crippen LogP contribution in [0.2, 0.25) is 0 Å². The Labute approximate surface area is 134 Å². The van der Waals surface area contributed by atoms with Crippen molar-refractivity contribution in [2.75, 3.05) is 39.3 Å². The van der Waals surface area contributed by atoms with E-state index in [0.29, 0.717) is 6.04 Å². The molecular formula is C17H31N3O2. The average molecular weight is 309 g/mol. The van der Waals surface area contributed by atoms with Crippen LogP contribution in [0, 0.1) is 11.8 Å². The topological polar surface area (TPSA) is 43.9 Å². The van der Waals surface area contributed by atoms with Crippen LogP contribution < -0.4 is 0 Å². The van der Waals surface area contributed by atoms with Crippen LogP contribution in [0.3, 0.4) is 0 Å². The van der Waals surface area contributed by atoms with Crippen molar-refractivity contribution in [2.24, 2.45) is 11.8 Å². The minimum atomic E-state index is 0.0943. The van der Waals surface area contributed by atoms with E-state index in [1.165, 1.54) is 0 Å². The number of likely N-dealkylation sites (tertiary alicyclic amines) is 1. The summed E-state index contributed by atoms with van der Waals surface area (Å²) in [6.45, 7) is 13.3. The monoisotopic (exact) mass is 309 g/mol. The van der Waals surface area contributed by atoms with Gasteiger partial charge in [-0.3, -0.25) is 14.5 Å². The van der Waals surface area contributed by atoms with Crippen molar-refractivity contribution in [3.63, 3.8) is 0 Å². The number of piperidine rings is 1. The third-order valence-electron chi connectivity index (χ3n) is 4.91. The minimum absolute atomic E-state index is 0.0943. The highest BCUT2D eigenvalue weighted by molar-refractivity contribution is 5.78. The molecule has 0 unspecified atom stereocenters. The standard InChI is InChI=1S/C17H31N3O2/c1-13(2)16(21)19-7-5-15(6-8-19)18-9-11-20(12-10-18)17(22)14(3)4/h13-15H,5-12H2,1-4H3. The number of amides is 2. The second-order valence-corrected chi connectivity index (χ2v) is 7.23. The third-order valence-corrected chi connectivity index (χ3v) is 4.91. The second-order valence-electron chi connectivity index (χ2n) is 7.23. The molecule has 22 heavy (non-hydrogen) atoms. The van der Waals surface area contributed by atoms with Gasteiger partial charge < -0.3 is 9.80 Å². The first-order valence-corrected chi connectivity index (χ1v) is 8.71. The predicted molar refractivity (Wildman–Crippen MR) is 87.4 cm³/mol. The van der Waals surface area contributed by atoms with Gasteiger partial charge in [0.05, 0.1) is 0 Å². The summed E-state index contributed by atoms with van der Waals surface area (Å²) >= 11 is 0. The molecule has 0 aromatic carbocycles. The number of piperazine rings is 1. The van der Waals surface area contributed by atoms with Crippen LogP contribution in [0.15, 0.2) is 0 Å². The average Bonchev–Trinajstić information content (AvgIpc) is 2.53.